The van der Waals surface area contributed by atoms with Gasteiger partial charge in [0.05, 0.1) is 11.4 Å². The molecule has 106 valence electrons. The van der Waals surface area contributed by atoms with Crippen LogP contribution in [0.2, 0.25) is 0 Å². The van der Waals surface area contributed by atoms with Gasteiger partial charge in [0.25, 0.3) is 0 Å². The maximum absolute atomic E-state index is 13.9. The minimum atomic E-state index is -0.590. The first-order valence-electron chi connectivity index (χ1n) is 6.04. The Hall–Kier alpha value is -0.940. The molecule has 1 unspecified atom stereocenters. The highest BCUT2D eigenvalue weighted by atomic mass is 79.9. The van der Waals surface area contributed by atoms with E-state index in [1.807, 2.05) is 6.92 Å². The normalized spacial score (nSPS) is 12.2. The van der Waals surface area contributed by atoms with Crippen LogP contribution in [-0.2, 0) is 0 Å². The summed E-state index contributed by atoms with van der Waals surface area (Å²) >= 11 is 6.42. The van der Waals surface area contributed by atoms with E-state index in [1.54, 1.807) is 24.3 Å². The molecule has 1 nitrogen and oxygen atoms in total. The van der Waals surface area contributed by atoms with E-state index in [9.17, 15) is 8.78 Å². The topological polar surface area (TPSA) is 9.23 Å². The Morgan fingerprint density at radius 2 is 1.65 bits per heavy atom. The monoisotopic (exact) mass is 404 g/mol. The van der Waals surface area contributed by atoms with Crippen molar-refractivity contribution in [2.24, 2.45) is 0 Å². The molecule has 0 saturated carbocycles. The highest BCUT2D eigenvalue weighted by Gasteiger charge is 2.20. The summed E-state index contributed by atoms with van der Waals surface area (Å²) in [4.78, 5) is -0.550. The van der Waals surface area contributed by atoms with Gasteiger partial charge < -0.3 is 4.74 Å². The summed E-state index contributed by atoms with van der Waals surface area (Å²) in [5.41, 5.74) is 0.755. The zero-order chi connectivity index (χ0) is 14.7. The van der Waals surface area contributed by atoms with E-state index in [-0.39, 0.29) is 5.56 Å². The molecule has 0 amide bonds. The predicted octanol–water partition coefficient (Wildman–Crippen LogP) is 5.61. The summed E-state index contributed by atoms with van der Waals surface area (Å²) in [6.07, 6.45) is 0. The Morgan fingerprint density at radius 1 is 1.10 bits per heavy atom. The van der Waals surface area contributed by atoms with Gasteiger partial charge in [0.15, 0.2) is 0 Å². The van der Waals surface area contributed by atoms with E-state index in [4.69, 9.17) is 4.74 Å². The van der Waals surface area contributed by atoms with Crippen LogP contribution in [0.3, 0.4) is 0 Å². The molecule has 20 heavy (non-hydrogen) atoms. The van der Waals surface area contributed by atoms with Crippen molar-refractivity contribution in [3.05, 3.63) is 63.6 Å². The van der Waals surface area contributed by atoms with Crippen LogP contribution in [0, 0.1) is 11.6 Å². The van der Waals surface area contributed by atoms with E-state index >= 15 is 0 Å². The first-order chi connectivity index (χ1) is 9.52. The molecule has 5 heteroatoms. The number of ether oxygens (including phenoxy) is 1. The molecule has 2 aromatic carbocycles. The summed E-state index contributed by atoms with van der Waals surface area (Å²) in [6.45, 7) is 2.47. The number of hydrogen-bond acceptors (Lipinski definition) is 1. The van der Waals surface area contributed by atoms with Crippen LogP contribution >= 0.6 is 31.9 Å². The van der Waals surface area contributed by atoms with Crippen molar-refractivity contribution in [2.75, 3.05) is 6.61 Å². The molecule has 0 heterocycles. The third kappa shape index (κ3) is 3.38. The predicted molar refractivity (Wildman–Crippen MR) is 82.4 cm³/mol. The fourth-order valence-electron chi connectivity index (χ4n) is 1.86. The fraction of sp³-hybridized carbons (Fsp3) is 0.200. The zero-order valence-corrected chi connectivity index (χ0v) is 13.8. The molecular formula is C15H12Br2F2O. The molecule has 0 aliphatic heterocycles. The Kier molecular flexibility index (Phi) is 5.16. The molecule has 2 aromatic rings. The van der Waals surface area contributed by atoms with Gasteiger partial charge in [-0.25, -0.2) is 8.78 Å². The Morgan fingerprint density at radius 3 is 2.15 bits per heavy atom. The second-order valence-corrected chi connectivity index (χ2v) is 5.98. The third-order valence-corrected chi connectivity index (χ3v) is 4.23. The van der Waals surface area contributed by atoms with Crippen molar-refractivity contribution in [3.63, 3.8) is 0 Å². The Bertz CT molecular complexity index is 576. The summed E-state index contributed by atoms with van der Waals surface area (Å²) < 4.78 is 33.6. The molecule has 0 bridgehead atoms. The molecule has 0 aromatic heterocycles. The number of hydrogen-bond donors (Lipinski definition) is 0. The maximum Gasteiger partial charge on any atom is 0.131 e. The van der Waals surface area contributed by atoms with Gasteiger partial charge in [0.2, 0.25) is 0 Å². The standard InChI is InChI=1S/C15H12Br2F2O/c1-2-20-11-5-3-9(4-6-11)15(17)14-12(18)7-10(16)8-13(14)19/h3-8,15H,2H2,1H3. The molecule has 0 saturated heterocycles. The molecular weight excluding hydrogens is 394 g/mol. The molecule has 0 aliphatic carbocycles. The van der Waals surface area contributed by atoms with Crippen LogP contribution in [0.5, 0.6) is 5.75 Å². The van der Waals surface area contributed by atoms with Crippen molar-refractivity contribution in [1.29, 1.82) is 0 Å². The van der Waals surface area contributed by atoms with Crippen molar-refractivity contribution in [1.82, 2.24) is 0 Å². The number of alkyl halides is 1. The van der Waals surface area contributed by atoms with Gasteiger partial charge in [-0.1, -0.05) is 44.0 Å². The number of benzene rings is 2. The summed E-state index contributed by atoms with van der Waals surface area (Å²) in [7, 11) is 0. The second kappa shape index (κ2) is 6.68. The number of halogens is 4. The van der Waals surface area contributed by atoms with Crippen molar-refractivity contribution in [3.8, 4) is 5.75 Å². The highest BCUT2D eigenvalue weighted by Crippen LogP contribution is 2.36. The average molecular weight is 406 g/mol. The summed E-state index contributed by atoms with van der Waals surface area (Å²) in [5, 5.41) is 0. The molecule has 0 N–H and O–H groups in total. The minimum Gasteiger partial charge on any atom is -0.494 e. The van der Waals surface area contributed by atoms with E-state index in [1.165, 1.54) is 12.1 Å². The molecule has 2 rings (SSSR count). The SMILES string of the molecule is CCOc1ccc(C(Br)c2c(F)cc(Br)cc2F)cc1. The van der Waals surface area contributed by atoms with Crippen LogP contribution in [0.1, 0.15) is 22.9 Å². The first-order valence-corrected chi connectivity index (χ1v) is 7.75. The number of rotatable bonds is 4. The summed E-state index contributed by atoms with van der Waals surface area (Å²) in [5.74, 6) is -0.451. The quantitative estimate of drug-likeness (QED) is 0.600. The van der Waals surface area contributed by atoms with Gasteiger partial charge in [0, 0.05) is 10.0 Å². The fourth-order valence-corrected chi connectivity index (χ4v) is 3.01. The first kappa shape index (κ1) is 15.4. The van der Waals surface area contributed by atoms with Crippen molar-refractivity contribution in [2.45, 2.75) is 11.8 Å². The Labute approximate surface area is 133 Å². The van der Waals surface area contributed by atoms with Crippen molar-refractivity contribution < 1.29 is 13.5 Å². The summed E-state index contributed by atoms with van der Waals surface area (Å²) in [6, 6.07) is 9.63. The van der Waals surface area contributed by atoms with Crippen LogP contribution < -0.4 is 4.74 Å². The lowest BCUT2D eigenvalue weighted by molar-refractivity contribution is 0.340. The van der Waals surface area contributed by atoms with E-state index in [0.717, 1.165) is 11.3 Å². The van der Waals surface area contributed by atoms with Gasteiger partial charge in [-0.3, -0.25) is 0 Å². The molecule has 0 fully saturated rings. The van der Waals surface area contributed by atoms with E-state index < -0.39 is 16.5 Å². The van der Waals surface area contributed by atoms with Crippen molar-refractivity contribution >= 4 is 31.9 Å². The van der Waals surface area contributed by atoms with E-state index in [0.29, 0.717) is 11.1 Å². The van der Waals surface area contributed by atoms with Gasteiger partial charge in [-0.15, -0.1) is 0 Å². The molecule has 0 spiro atoms. The minimum absolute atomic E-state index is 0.00244. The zero-order valence-electron chi connectivity index (χ0n) is 10.7. The van der Waals surface area contributed by atoms with Gasteiger partial charge in [0.1, 0.15) is 17.4 Å². The van der Waals surface area contributed by atoms with Crippen LogP contribution in [0.15, 0.2) is 40.9 Å². The average Bonchev–Trinajstić information content (AvgIpc) is 2.38. The third-order valence-electron chi connectivity index (χ3n) is 2.78. The lowest BCUT2D eigenvalue weighted by Gasteiger charge is -2.14. The lowest BCUT2D eigenvalue weighted by Crippen LogP contribution is -2.01. The van der Waals surface area contributed by atoms with E-state index in [2.05, 4.69) is 31.9 Å². The smallest absolute Gasteiger partial charge is 0.131 e. The second-order valence-electron chi connectivity index (χ2n) is 4.15. The highest BCUT2D eigenvalue weighted by molar-refractivity contribution is 9.10. The van der Waals surface area contributed by atoms with Crippen LogP contribution in [0.4, 0.5) is 8.78 Å². The van der Waals surface area contributed by atoms with Crippen LogP contribution in [-0.4, -0.2) is 6.61 Å². The van der Waals surface area contributed by atoms with Gasteiger partial charge in [-0.2, -0.15) is 0 Å². The van der Waals surface area contributed by atoms with Gasteiger partial charge >= 0.3 is 0 Å². The maximum atomic E-state index is 13.9. The largest absolute Gasteiger partial charge is 0.494 e. The van der Waals surface area contributed by atoms with Gasteiger partial charge in [-0.05, 0) is 36.8 Å². The molecule has 1 atom stereocenters. The molecule has 0 aliphatic rings. The molecule has 0 radical (unpaired) electrons. The lowest BCUT2D eigenvalue weighted by atomic mass is 10.0. The Balaban J connectivity index is 2.33. The van der Waals surface area contributed by atoms with Crippen LogP contribution in [0.25, 0.3) is 0 Å².